The molecule has 1 saturated heterocycles. The quantitative estimate of drug-likeness (QED) is 0.515. The predicted octanol–water partition coefficient (Wildman–Crippen LogP) is 1.54. The summed E-state index contributed by atoms with van der Waals surface area (Å²) < 4.78 is 0. The first kappa shape index (κ1) is 13.2. The number of nitro benzene ring substituents is 1. The maximum atomic E-state index is 11.2. The van der Waals surface area contributed by atoms with Gasteiger partial charge in [-0.25, -0.2) is 0 Å². The minimum atomic E-state index is -0.465. The zero-order chi connectivity index (χ0) is 13.8. The van der Waals surface area contributed by atoms with E-state index >= 15 is 0 Å². The van der Waals surface area contributed by atoms with E-state index < -0.39 is 4.92 Å². The molecule has 1 aliphatic rings. The highest BCUT2D eigenvalue weighted by atomic mass is 32.2. The zero-order valence-electron chi connectivity index (χ0n) is 9.94. The van der Waals surface area contributed by atoms with Gasteiger partial charge in [-0.3, -0.25) is 14.9 Å². The van der Waals surface area contributed by atoms with Crippen LogP contribution in [0.5, 0.6) is 0 Å². The van der Waals surface area contributed by atoms with Crippen molar-refractivity contribution < 1.29 is 9.72 Å². The summed E-state index contributed by atoms with van der Waals surface area (Å²) in [5.74, 6) is -0.0886. The van der Waals surface area contributed by atoms with Gasteiger partial charge in [-0.15, -0.1) is 5.10 Å². The molecule has 1 atom stereocenters. The maximum absolute atomic E-state index is 11.2. The molecule has 1 amide bonds. The van der Waals surface area contributed by atoms with E-state index in [1.165, 1.54) is 30.1 Å². The summed E-state index contributed by atoms with van der Waals surface area (Å²) in [5.41, 5.74) is 0.716. The van der Waals surface area contributed by atoms with Crippen LogP contribution in [-0.2, 0) is 4.79 Å². The Hall–Kier alpha value is -2.22. The van der Waals surface area contributed by atoms with Crippen LogP contribution in [0.15, 0.2) is 34.5 Å². The molecule has 2 rings (SSSR count). The largest absolute Gasteiger partial charge is 0.303 e. The highest BCUT2D eigenvalue weighted by molar-refractivity contribution is 8.15. The molecule has 8 heteroatoms. The zero-order valence-corrected chi connectivity index (χ0v) is 10.8. The second-order valence-corrected chi connectivity index (χ2v) is 5.08. The summed E-state index contributed by atoms with van der Waals surface area (Å²) in [7, 11) is 0. The van der Waals surface area contributed by atoms with E-state index in [9.17, 15) is 14.9 Å². The molecule has 1 fully saturated rings. The third kappa shape index (κ3) is 3.38. The molecule has 1 heterocycles. The molecule has 19 heavy (non-hydrogen) atoms. The average Bonchev–Trinajstić information content (AvgIpc) is 2.69. The van der Waals surface area contributed by atoms with Crippen molar-refractivity contribution in [2.75, 3.05) is 0 Å². The third-order valence-electron chi connectivity index (χ3n) is 2.35. The molecular weight excluding hydrogens is 268 g/mol. The van der Waals surface area contributed by atoms with Crippen LogP contribution in [-0.4, -0.2) is 27.5 Å². The standard InChI is InChI=1S/C11H10N4O3S/c1-7-10(16)13-11(19-7)14-12-6-8-2-4-9(5-3-8)15(17)18/h2-7H,1H3,(H,13,14,16)/b12-6-/t7-/m1/s1. The summed E-state index contributed by atoms with van der Waals surface area (Å²) >= 11 is 1.30. The fraction of sp³-hybridized carbons (Fsp3) is 0.182. The van der Waals surface area contributed by atoms with Crippen LogP contribution in [0.4, 0.5) is 5.69 Å². The third-order valence-corrected chi connectivity index (χ3v) is 3.32. The number of nitrogens with zero attached hydrogens (tertiary/aromatic N) is 3. The Balaban J connectivity index is 2.01. The van der Waals surface area contributed by atoms with Crippen LogP contribution >= 0.6 is 11.8 Å². The van der Waals surface area contributed by atoms with Gasteiger partial charge in [0.15, 0.2) is 5.17 Å². The SMILES string of the molecule is C[C@H]1S/C(=N\N=C/c2ccc([N+](=O)[O-])cc2)NC1=O. The highest BCUT2D eigenvalue weighted by Crippen LogP contribution is 2.18. The van der Waals surface area contributed by atoms with Crippen molar-refractivity contribution in [1.29, 1.82) is 0 Å². The van der Waals surface area contributed by atoms with E-state index in [1.54, 1.807) is 19.1 Å². The number of thioether (sulfide) groups is 1. The summed E-state index contributed by atoms with van der Waals surface area (Å²) in [6.45, 7) is 1.78. The Bertz CT molecular complexity index is 568. The molecule has 7 nitrogen and oxygen atoms in total. The molecule has 0 unspecified atom stereocenters. The van der Waals surface area contributed by atoms with Crippen LogP contribution in [0.25, 0.3) is 0 Å². The molecule has 1 aromatic carbocycles. The molecule has 0 saturated carbocycles. The van der Waals surface area contributed by atoms with Crippen molar-refractivity contribution >= 4 is 34.7 Å². The first-order chi connectivity index (χ1) is 9.06. The lowest BCUT2D eigenvalue weighted by Crippen LogP contribution is -2.23. The normalized spacial score (nSPS) is 21.0. The topological polar surface area (TPSA) is 97.0 Å². The summed E-state index contributed by atoms with van der Waals surface area (Å²) in [6, 6.07) is 5.93. The smallest absolute Gasteiger partial charge is 0.269 e. The first-order valence-corrected chi connectivity index (χ1v) is 6.27. The van der Waals surface area contributed by atoms with Gasteiger partial charge < -0.3 is 5.32 Å². The van der Waals surface area contributed by atoms with Crippen molar-refractivity contribution in [2.24, 2.45) is 10.2 Å². The molecule has 0 aromatic heterocycles. The second kappa shape index (κ2) is 5.61. The minimum Gasteiger partial charge on any atom is -0.303 e. The Kier molecular flexibility index (Phi) is 3.91. The molecule has 0 radical (unpaired) electrons. The van der Waals surface area contributed by atoms with E-state index in [1.807, 2.05) is 0 Å². The van der Waals surface area contributed by atoms with Gasteiger partial charge in [0.1, 0.15) is 0 Å². The number of amides is 1. The lowest BCUT2D eigenvalue weighted by Gasteiger charge is -1.92. The van der Waals surface area contributed by atoms with E-state index in [4.69, 9.17) is 0 Å². The number of benzene rings is 1. The first-order valence-electron chi connectivity index (χ1n) is 5.39. The van der Waals surface area contributed by atoms with E-state index in [0.717, 1.165) is 0 Å². The van der Waals surface area contributed by atoms with Crippen LogP contribution in [0.2, 0.25) is 0 Å². The van der Waals surface area contributed by atoms with Crippen LogP contribution in [0.1, 0.15) is 12.5 Å². The molecule has 0 aliphatic carbocycles. The van der Waals surface area contributed by atoms with Crippen LogP contribution in [0.3, 0.4) is 0 Å². The number of nitro groups is 1. The number of carbonyl (C=O) groups excluding carboxylic acids is 1. The average molecular weight is 278 g/mol. The molecule has 98 valence electrons. The van der Waals surface area contributed by atoms with Crippen molar-refractivity contribution in [2.45, 2.75) is 12.2 Å². The molecule has 1 aromatic rings. The lowest BCUT2D eigenvalue weighted by atomic mass is 10.2. The highest BCUT2D eigenvalue weighted by Gasteiger charge is 2.25. The van der Waals surface area contributed by atoms with Gasteiger partial charge in [-0.1, -0.05) is 11.8 Å². The minimum absolute atomic E-state index is 0.0240. The van der Waals surface area contributed by atoms with Gasteiger partial charge in [-0.2, -0.15) is 5.10 Å². The second-order valence-electron chi connectivity index (χ2n) is 3.75. The molecule has 0 bridgehead atoms. The van der Waals surface area contributed by atoms with E-state index in [2.05, 4.69) is 15.5 Å². The van der Waals surface area contributed by atoms with Crippen molar-refractivity contribution in [1.82, 2.24) is 5.32 Å². The van der Waals surface area contributed by atoms with Crippen LogP contribution in [0, 0.1) is 10.1 Å². The van der Waals surface area contributed by atoms with Crippen molar-refractivity contribution in [3.63, 3.8) is 0 Å². The van der Waals surface area contributed by atoms with Gasteiger partial charge in [-0.05, 0) is 24.6 Å². The summed E-state index contributed by atoms with van der Waals surface area (Å²) in [5, 5.41) is 21.0. The number of amidine groups is 1. The van der Waals surface area contributed by atoms with Crippen molar-refractivity contribution in [3.8, 4) is 0 Å². The number of hydrogen-bond acceptors (Lipinski definition) is 6. The maximum Gasteiger partial charge on any atom is 0.269 e. The molecule has 0 spiro atoms. The van der Waals surface area contributed by atoms with Crippen molar-refractivity contribution in [3.05, 3.63) is 39.9 Å². The molecule has 1 aliphatic heterocycles. The Labute approximate surface area is 112 Å². The van der Waals surface area contributed by atoms with Gasteiger partial charge in [0.05, 0.1) is 16.4 Å². The Morgan fingerprint density at radius 2 is 2.11 bits per heavy atom. The predicted molar refractivity (Wildman–Crippen MR) is 73.3 cm³/mol. The molecule has 1 N–H and O–H groups in total. The van der Waals surface area contributed by atoms with Gasteiger partial charge in [0, 0.05) is 12.1 Å². The lowest BCUT2D eigenvalue weighted by molar-refractivity contribution is -0.384. The Morgan fingerprint density at radius 1 is 1.42 bits per heavy atom. The number of non-ortho nitro benzene ring substituents is 1. The van der Waals surface area contributed by atoms with Gasteiger partial charge in [0.2, 0.25) is 5.91 Å². The fourth-order valence-electron chi connectivity index (χ4n) is 1.34. The number of rotatable bonds is 3. The fourth-order valence-corrected chi connectivity index (χ4v) is 2.09. The summed E-state index contributed by atoms with van der Waals surface area (Å²) in [4.78, 5) is 21.2. The monoisotopic (exact) mass is 278 g/mol. The number of carbonyl (C=O) groups is 1. The number of nitrogens with one attached hydrogen (secondary N) is 1. The van der Waals surface area contributed by atoms with E-state index in [0.29, 0.717) is 10.7 Å². The number of hydrogen-bond donors (Lipinski definition) is 1. The van der Waals surface area contributed by atoms with Gasteiger partial charge >= 0.3 is 0 Å². The van der Waals surface area contributed by atoms with E-state index in [-0.39, 0.29) is 16.8 Å². The Morgan fingerprint density at radius 3 is 2.63 bits per heavy atom. The van der Waals surface area contributed by atoms with Gasteiger partial charge in [0.25, 0.3) is 5.69 Å². The summed E-state index contributed by atoms with van der Waals surface area (Å²) in [6.07, 6.45) is 1.46. The van der Waals surface area contributed by atoms with Crippen LogP contribution < -0.4 is 5.32 Å². The molecular formula is C11H10N4O3S.